The van der Waals surface area contributed by atoms with Gasteiger partial charge in [-0.15, -0.1) is 11.8 Å². The van der Waals surface area contributed by atoms with Crippen LogP contribution in [0.15, 0.2) is 53.4 Å². The number of rotatable bonds is 6. The Morgan fingerprint density at radius 1 is 1.00 bits per heavy atom. The SMILES string of the molecule is CC(C)Sc1ccccc1C(=O)NNC(=O)C(C)Oc1ccccc1F. The average Bonchev–Trinajstić information content (AvgIpc) is 2.61. The summed E-state index contributed by atoms with van der Waals surface area (Å²) in [5.74, 6) is -1.60. The lowest BCUT2D eigenvalue weighted by Crippen LogP contribution is -2.47. The van der Waals surface area contributed by atoms with Gasteiger partial charge in [-0.3, -0.25) is 20.4 Å². The number of carbonyl (C=O) groups excluding carboxylic acids is 2. The molecule has 2 aromatic rings. The monoisotopic (exact) mass is 376 g/mol. The van der Waals surface area contributed by atoms with Gasteiger partial charge in [0.25, 0.3) is 11.8 Å². The fourth-order valence-electron chi connectivity index (χ4n) is 2.08. The lowest BCUT2D eigenvalue weighted by Gasteiger charge is -2.16. The molecule has 0 radical (unpaired) electrons. The first-order valence-corrected chi connectivity index (χ1v) is 9.03. The second-order valence-electron chi connectivity index (χ2n) is 5.80. The molecule has 2 amide bonds. The number of hydrazine groups is 1. The highest BCUT2D eigenvalue weighted by atomic mass is 32.2. The molecule has 2 N–H and O–H groups in total. The third kappa shape index (κ3) is 5.49. The van der Waals surface area contributed by atoms with E-state index in [1.807, 2.05) is 26.0 Å². The smallest absolute Gasteiger partial charge is 0.279 e. The first-order valence-electron chi connectivity index (χ1n) is 8.15. The third-order valence-corrected chi connectivity index (χ3v) is 4.38. The van der Waals surface area contributed by atoms with Gasteiger partial charge in [0, 0.05) is 10.1 Å². The minimum absolute atomic E-state index is 0.0276. The molecule has 0 aliphatic rings. The van der Waals surface area contributed by atoms with Crippen molar-refractivity contribution < 1.29 is 18.7 Å². The quantitative estimate of drug-likeness (QED) is 0.598. The normalized spacial score (nSPS) is 11.7. The maximum atomic E-state index is 13.6. The molecule has 0 heterocycles. The molecule has 2 rings (SSSR count). The fraction of sp³-hybridized carbons (Fsp3) is 0.263. The first kappa shape index (κ1) is 19.8. The lowest BCUT2D eigenvalue weighted by atomic mass is 10.2. The molecule has 0 bridgehead atoms. The van der Waals surface area contributed by atoms with Gasteiger partial charge in [-0.05, 0) is 31.2 Å². The molecule has 1 unspecified atom stereocenters. The molecule has 26 heavy (non-hydrogen) atoms. The van der Waals surface area contributed by atoms with E-state index in [0.717, 1.165) is 4.90 Å². The van der Waals surface area contributed by atoms with Crippen LogP contribution in [0.3, 0.4) is 0 Å². The molecule has 0 spiro atoms. The molecular weight excluding hydrogens is 355 g/mol. The largest absolute Gasteiger partial charge is 0.478 e. The van der Waals surface area contributed by atoms with Gasteiger partial charge >= 0.3 is 0 Å². The molecule has 0 aromatic heterocycles. The highest BCUT2D eigenvalue weighted by molar-refractivity contribution is 8.00. The Morgan fingerprint density at radius 2 is 1.65 bits per heavy atom. The highest BCUT2D eigenvalue weighted by Crippen LogP contribution is 2.26. The summed E-state index contributed by atoms with van der Waals surface area (Å²) in [5.41, 5.74) is 5.14. The first-order chi connectivity index (χ1) is 12.4. The predicted molar refractivity (Wildman–Crippen MR) is 99.5 cm³/mol. The minimum atomic E-state index is -0.979. The Labute approximate surface area is 156 Å². The summed E-state index contributed by atoms with van der Waals surface area (Å²) in [4.78, 5) is 25.2. The Balaban J connectivity index is 1.95. The number of nitrogens with one attached hydrogen (secondary N) is 2. The maximum Gasteiger partial charge on any atom is 0.279 e. The molecule has 0 saturated carbocycles. The van der Waals surface area contributed by atoms with Crippen LogP contribution in [0.25, 0.3) is 0 Å². The van der Waals surface area contributed by atoms with Crippen molar-refractivity contribution in [2.45, 2.75) is 37.0 Å². The summed E-state index contributed by atoms with van der Waals surface area (Å²) in [7, 11) is 0. The van der Waals surface area contributed by atoms with Crippen LogP contribution in [-0.2, 0) is 4.79 Å². The zero-order valence-electron chi connectivity index (χ0n) is 14.8. The third-order valence-electron chi connectivity index (χ3n) is 3.30. The number of halogens is 1. The molecule has 0 aliphatic heterocycles. The summed E-state index contributed by atoms with van der Waals surface area (Å²) in [5, 5.41) is 0.313. The van der Waals surface area contributed by atoms with E-state index in [0.29, 0.717) is 10.8 Å². The molecule has 0 aliphatic carbocycles. The van der Waals surface area contributed by atoms with Crippen molar-refractivity contribution in [3.8, 4) is 5.75 Å². The molecule has 5 nitrogen and oxygen atoms in total. The molecule has 2 aromatic carbocycles. The van der Waals surface area contributed by atoms with Crippen LogP contribution in [-0.4, -0.2) is 23.2 Å². The minimum Gasteiger partial charge on any atom is -0.478 e. The van der Waals surface area contributed by atoms with E-state index in [-0.39, 0.29) is 5.75 Å². The number of para-hydroxylation sites is 1. The number of carbonyl (C=O) groups is 2. The standard InChI is InChI=1S/C19H21FN2O3S/c1-12(2)26-17-11-7-4-8-14(17)19(24)22-21-18(23)13(3)25-16-10-6-5-9-15(16)20/h4-13H,1-3H3,(H,21,23)(H,22,24). The van der Waals surface area contributed by atoms with E-state index in [9.17, 15) is 14.0 Å². The summed E-state index contributed by atoms with van der Waals surface area (Å²) >= 11 is 1.56. The Morgan fingerprint density at radius 3 is 2.35 bits per heavy atom. The summed E-state index contributed by atoms with van der Waals surface area (Å²) < 4.78 is 18.8. The van der Waals surface area contributed by atoms with E-state index >= 15 is 0 Å². The molecule has 0 saturated heterocycles. The number of hydrogen-bond donors (Lipinski definition) is 2. The number of ether oxygens (including phenoxy) is 1. The van der Waals surface area contributed by atoms with Crippen molar-refractivity contribution >= 4 is 23.6 Å². The van der Waals surface area contributed by atoms with Crippen molar-refractivity contribution in [1.29, 1.82) is 0 Å². The van der Waals surface area contributed by atoms with Crippen LogP contribution >= 0.6 is 11.8 Å². The molecule has 1 atom stereocenters. The highest BCUT2D eigenvalue weighted by Gasteiger charge is 2.18. The van der Waals surface area contributed by atoms with Gasteiger partial charge < -0.3 is 4.74 Å². The second kappa shape index (κ2) is 9.24. The van der Waals surface area contributed by atoms with Crippen molar-refractivity contribution in [2.24, 2.45) is 0 Å². The van der Waals surface area contributed by atoms with Crippen molar-refractivity contribution in [1.82, 2.24) is 10.9 Å². The Hall–Kier alpha value is -2.54. The van der Waals surface area contributed by atoms with Gasteiger partial charge in [-0.1, -0.05) is 38.1 Å². The van der Waals surface area contributed by atoms with Gasteiger partial charge in [0.1, 0.15) is 0 Å². The maximum absolute atomic E-state index is 13.6. The van der Waals surface area contributed by atoms with Gasteiger partial charge in [0.05, 0.1) is 5.56 Å². The van der Waals surface area contributed by atoms with Crippen LogP contribution in [0, 0.1) is 5.82 Å². The van der Waals surface area contributed by atoms with Crippen LogP contribution in [0.1, 0.15) is 31.1 Å². The van der Waals surface area contributed by atoms with Crippen molar-refractivity contribution in [2.75, 3.05) is 0 Å². The second-order valence-corrected chi connectivity index (χ2v) is 7.41. The van der Waals surface area contributed by atoms with Gasteiger partial charge in [0.15, 0.2) is 17.7 Å². The lowest BCUT2D eigenvalue weighted by molar-refractivity contribution is -0.128. The summed E-state index contributed by atoms with van der Waals surface area (Å²) in [6.45, 7) is 5.53. The fourth-order valence-corrected chi connectivity index (χ4v) is 3.04. The average molecular weight is 376 g/mol. The van der Waals surface area contributed by atoms with E-state index < -0.39 is 23.7 Å². The van der Waals surface area contributed by atoms with E-state index in [1.54, 1.807) is 30.0 Å². The molecule has 138 valence electrons. The van der Waals surface area contributed by atoms with Crippen LogP contribution in [0.5, 0.6) is 5.75 Å². The van der Waals surface area contributed by atoms with Crippen molar-refractivity contribution in [3.05, 3.63) is 59.9 Å². The Kier molecular flexibility index (Phi) is 7.03. The van der Waals surface area contributed by atoms with E-state index in [2.05, 4.69) is 10.9 Å². The number of thioether (sulfide) groups is 1. The topological polar surface area (TPSA) is 67.4 Å². The predicted octanol–water partition coefficient (Wildman–Crippen LogP) is 3.55. The molecule has 7 heteroatoms. The van der Waals surface area contributed by atoms with E-state index in [1.165, 1.54) is 25.1 Å². The van der Waals surface area contributed by atoms with Crippen LogP contribution in [0.4, 0.5) is 4.39 Å². The number of hydrogen-bond acceptors (Lipinski definition) is 4. The Bertz CT molecular complexity index is 783. The zero-order valence-corrected chi connectivity index (χ0v) is 15.6. The summed E-state index contributed by atoms with van der Waals surface area (Å²) in [6.07, 6.45) is -0.979. The zero-order chi connectivity index (χ0) is 19.1. The van der Waals surface area contributed by atoms with E-state index in [4.69, 9.17) is 4.74 Å². The number of amides is 2. The summed E-state index contributed by atoms with van der Waals surface area (Å²) in [6, 6.07) is 12.9. The van der Waals surface area contributed by atoms with Gasteiger partial charge in [-0.25, -0.2) is 4.39 Å². The van der Waals surface area contributed by atoms with Crippen LogP contribution in [0.2, 0.25) is 0 Å². The molecule has 0 fully saturated rings. The molecular formula is C19H21FN2O3S. The van der Waals surface area contributed by atoms with Gasteiger partial charge in [0.2, 0.25) is 0 Å². The van der Waals surface area contributed by atoms with Crippen molar-refractivity contribution in [3.63, 3.8) is 0 Å². The number of benzene rings is 2. The van der Waals surface area contributed by atoms with Crippen LogP contribution < -0.4 is 15.6 Å². The van der Waals surface area contributed by atoms with Gasteiger partial charge in [-0.2, -0.15) is 0 Å².